The fraction of sp³-hybridized carbons (Fsp3) is 0.736. The molecule has 2 amide bonds. The van der Waals surface area contributed by atoms with Gasteiger partial charge >= 0.3 is 5.97 Å². The summed E-state index contributed by atoms with van der Waals surface area (Å²) in [4.78, 5) is 85.9. The summed E-state index contributed by atoms with van der Waals surface area (Å²) in [6.45, 7) is 14.1. The second-order valence-corrected chi connectivity index (χ2v) is 20.3. The number of cyclic esters (lactones) is 1. The van der Waals surface area contributed by atoms with Crippen molar-refractivity contribution in [2.75, 3.05) is 27.9 Å². The van der Waals surface area contributed by atoms with E-state index in [0.29, 0.717) is 69.8 Å². The van der Waals surface area contributed by atoms with E-state index in [0.717, 1.165) is 5.57 Å². The number of hydrogen-bond acceptors (Lipinski definition) is 13. The van der Waals surface area contributed by atoms with Gasteiger partial charge in [0.15, 0.2) is 11.6 Å². The second-order valence-electron chi connectivity index (χ2n) is 20.3. The van der Waals surface area contributed by atoms with Crippen LogP contribution in [0.1, 0.15) is 132 Å². The molecule has 0 aromatic heterocycles. The molecule has 4 rings (SSSR count). The number of methoxy groups -OCH3 is 3. The van der Waals surface area contributed by atoms with E-state index in [9.17, 15) is 39.0 Å². The summed E-state index contributed by atoms with van der Waals surface area (Å²) in [5, 5.41) is 24.7. The maximum atomic E-state index is 14.8. The molecule has 4 aliphatic rings. The zero-order chi connectivity index (χ0) is 50.5. The number of hydrogen-bond donors (Lipinski definition) is 3. The first-order chi connectivity index (χ1) is 32.2. The van der Waals surface area contributed by atoms with Gasteiger partial charge in [-0.15, -0.1) is 0 Å². The Hall–Kier alpha value is -3.86. The number of carbonyl (C=O) groups excluding carboxylic acids is 6. The van der Waals surface area contributed by atoms with E-state index < -0.39 is 89.7 Å². The molecule has 8 unspecified atom stereocenters. The molecule has 382 valence electrons. The van der Waals surface area contributed by atoms with Gasteiger partial charge in [-0.3, -0.25) is 24.0 Å². The Morgan fingerprint density at radius 2 is 1.62 bits per heavy atom. The minimum absolute atomic E-state index is 0.0129. The number of allylic oxidation sites excluding steroid dienone is 6. The SMILES string of the molecule is COC1CC(C[C@@H](C)[C@@H]2CC(=O)C(C)=CC(C)C(O)[C@@H](OC)C(=O)C(C)C[C@H](C)C=CC=CC=C(C)[C@@H](OC)C[C@@H]3CCC(C)C(NC(C)=O)(O3)C(=O)C(=O)N3CCCCC3C(=O)O2)CC[C@H]1O. The molecule has 2 bridgehead atoms. The highest BCUT2D eigenvalue weighted by atomic mass is 16.6. The standard InChI is InChI=1S/C53H82N2O13/c1-31-17-13-12-14-18-32(2)44(64-9)29-40-22-20-37(7)53(68-40,54-38(8)56)50(61)51(62)55-24-16-15-19-41(55)52(63)67-45(34(4)27-39-21-23-42(57)46(28-39)65-10)30-43(58)33(3)26-36(6)48(60)49(66-11)47(59)35(5)25-31/h12-14,17-18,26,31,34-37,39-42,44-46,48-49,57,60H,15-16,19-25,27-30H2,1-11H3,(H,54,56)/t31-,34-,35?,36?,37?,39?,40+,41?,42-,44+,45+,46?,48?,49+,53?/m1/s1. The summed E-state index contributed by atoms with van der Waals surface area (Å²) in [5.41, 5.74) is -0.818. The van der Waals surface area contributed by atoms with Crippen molar-refractivity contribution in [1.29, 1.82) is 0 Å². The number of nitrogens with zero attached hydrogens (tertiary/aromatic N) is 1. The molecule has 3 heterocycles. The summed E-state index contributed by atoms with van der Waals surface area (Å²) >= 11 is 0. The van der Waals surface area contributed by atoms with Crippen LogP contribution in [0.3, 0.4) is 0 Å². The fourth-order valence-corrected chi connectivity index (χ4v) is 10.6. The van der Waals surface area contributed by atoms with Gasteiger partial charge in [0.25, 0.3) is 11.7 Å². The Labute approximate surface area is 404 Å². The molecule has 15 heteroatoms. The topological polar surface area (TPSA) is 204 Å². The minimum Gasteiger partial charge on any atom is -0.460 e. The lowest BCUT2D eigenvalue weighted by Crippen LogP contribution is -2.67. The third-order valence-corrected chi connectivity index (χ3v) is 14.9. The first-order valence-electron chi connectivity index (χ1n) is 24.9. The van der Waals surface area contributed by atoms with Crippen molar-refractivity contribution < 1.29 is 62.7 Å². The normalized spacial score (nSPS) is 36.6. The highest BCUT2D eigenvalue weighted by Crippen LogP contribution is 2.38. The zero-order valence-corrected chi connectivity index (χ0v) is 42.6. The van der Waals surface area contributed by atoms with Crippen molar-refractivity contribution >= 4 is 35.1 Å². The Kier molecular flexibility index (Phi) is 22.0. The van der Waals surface area contributed by atoms with Crippen LogP contribution in [0.15, 0.2) is 47.6 Å². The van der Waals surface area contributed by atoms with Crippen LogP contribution >= 0.6 is 0 Å². The van der Waals surface area contributed by atoms with Crippen molar-refractivity contribution in [1.82, 2.24) is 10.2 Å². The number of rotatable bonds is 7. The summed E-state index contributed by atoms with van der Waals surface area (Å²) in [6.07, 6.45) is 11.2. The average Bonchev–Trinajstić information content (AvgIpc) is 3.30. The van der Waals surface area contributed by atoms with Crippen LogP contribution in [0.2, 0.25) is 0 Å². The van der Waals surface area contributed by atoms with Crippen LogP contribution in [0, 0.1) is 35.5 Å². The van der Waals surface area contributed by atoms with Gasteiger partial charge in [0.2, 0.25) is 11.6 Å². The van der Waals surface area contributed by atoms with E-state index in [2.05, 4.69) is 5.32 Å². The number of ether oxygens (including phenoxy) is 5. The molecular weight excluding hydrogens is 873 g/mol. The molecule has 1 saturated carbocycles. The van der Waals surface area contributed by atoms with E-state index in [-0.39, 0.29) is 54.8 Å². The van der Waals surface area contributed by atoms with E-state index >= 15 is 0 Å². The van der Waals surface area contributed by atoms with Crippen molar-refractivity contribution in [3.05, 3.63) is 47.6 Å². The van der Waals surface area contributed by atoms with Crippen molar-refractivity contribution in [2.24, 2.45) is 35.5 Å². The number of Topliss-reactive ketones (excluding diaryl/α,β-unsaturated/α-hetero) is 3. The van der Waals surface area contributed by atoms with Gasteiger partial charge in [-0.05, 0) is 107 Å². The number of aliphatic hydroxyl groups excluding tert-OH is 2. The van der Waals surface area contributed by atoms with Gasteiger partial charge in [-0.1, -0.05) is 71.1 Å². The number of nitrogens with one attached hydrogen (secondary N) is 1. The summed E-state index contributed by atoms with van der Waals surface area (Å²) < 4.78 is 30.0. The van der Waals surface area contributed by atoms with Gasteiger partial charge in [0.1, 0.15) is 18.2 Å². The Morgan fingerprint density at radius 1 is 0.897 bits per heavy atom. The largest absolute Gasteiger partial charge is 0.460 e. The molecule has 0 spiro atoms. The number of aliphatic hydroxyl groups is 2. The molecule has 3 aliphatic heterocycles. The Morgan fingerprint density at radius 3 is 2.28 bits per heavy atom. The Balaban J connectivity index is 1.76. The van der Waals surface area contributed by atoms with Gasteiger partial charge < -0.3 is 44.1 Å². The first-order valence-corrected chi connectivity index (χ1v) is 24.9. The molecule has 1 aliphatic carbocycles. The third kappa shape index (κ3) is 14.8. The molecule has 15 atom stereocenters. The number of ketones is 3. The number of fused-ring (bicyclic) bond motifs is 3. The van der Waals surface area contributed by atoms with E-state index in [1.54, 1.807) is 41.1 Å². The maximum absolute atomic E-state index is 14.8. The lowest BCUT2D eigenvalue weighted by atomic mass is 9.78. The quantitative estimate of drug-likeness (QED) is 0.189. The number of amides is 2. The monoisotopic (exact) mass is 955 g/mol. The Bertz CT molecular complexity index is 1880. The number of esters is 1. The van der Waals surface area contributed by atoms with Gasteiger partial charge in [0.05, 0.1) is 30.5 Å². The third-order valence-electron chi connectivity index (χ3n) is 14.9. The zero-order valence-electron chi connectivity index (χ0n) is 42.6. The van der Waals surface area contributed by atoms with Crippen LogP contribution in [-0.2, 0) is 52.5 Å². The lowest BCUT2D eigenvalue weighted by Gasteiger charge is -2.46. The van der Waals surface area contributed by atoms with Crippen molar-refractivity contribution in [3.63, 3.8) is 0 Å². The van der Waals surface area contributed by atoms with E-state index in [1.807, 2.05) is 58.1 Å². The van der Waals surface area contributed by atoms with Gasteiger partial charge in [-0.2, -0.15) is 0 Å². The minimum atomic E-state index is -2.01. The van der Waals surface area contributed by atoms with E-state index in [1.165, 1.54) is 18.9 Å². The predicted octanol–water partition coefficient (Wildman–Crippen LogP) is 6.32. The second kappa shape index (κ2) is 26.4. The van der Waals surface area contributed by atoms with Gasteiger partial charge in [0, 0.05) is 65.4 Å². The smallest absolute Gasteiger partial charge is 0.329 e. The molecule has 3 N–H and O–H groups in total. The number of piperidine rings is 1. The molecular formula is C53H82N2O13. The van der Waals surface area contributed by atoms with Crippen molar-refractivity contribution in [3.8, 4) is 0 Å². The molecule has 0 aromatic carbocycles. The van der Waals surface area contributed by atoms with Gasteiger partial charge in [-0.25, -0.2) is 4.79 Å². The molecule has 0 aromatic rings. The highest BCUT2D eigenvalue weighted by molar-refractivity contribution is 6.39. The average molecular weight is 955 g/mol. The molecule has 15 nitrogen and oxygen atoms in total. The van der Waals surface area contributed by atoms with Crippen molar-refractivity contribution in [2.45, 2.75) is 187 Å². The van der Waals surface area contributed by atoms with Crippen LogP contribution in [-0.4, -0.2) is 133 Å². The molecule has 0 radical (unpaired) electrons. The van der Waals surface area contributed by atoms with Crippen LogP contribution in [0.5, 0.6) is 0 Å². The van der Waals surface area contributed by atoms with Crippen LogP contribution in [0.25, 0.3) is 0 Å². The molecule has 68 heavy (non-hydrogen) atoms. The van der Waals surface area contributed by atoms with Crippen LogP contribution < -0.4 is 5.32 Å². The van der Waals surface area contributed by atoms with E-state index in [4.69, 9.17) is 23.7 Å². The lowest BCUT2D eigenvalue weighted by molar-refractivity contribution is -0.198. The first kappa shape index (κ1) is 56.7. The molecule has 3 fully saturated rings. The number of carbonyl (C=O) groups is 6. The molecule has 2 saturated heterocycles. The highest BCUT2D eigenvalue weighted by Gasteiger charge is 2.55. The van der Waals surface area contributed by atoms with Crippen LogP contribution in [0.4, 0.5) is 0 Å². The summed E-state index contributed by atoms with van der Waals surface area (Å²) in [6, 6.07) is -1.15. The fourth-order valence-electron chi connectivity index (χ4n) is 10.6. The summed E-state index contributed by atoms with van der Waals surface area (Å²) in [5.74, 6) is -5.78. The summed E-state index contributed by atoms with van der Waals surface area (Å²) in [7, 11) is 4.53. The predicted molar refractivity (Wildman–Crippen MR) is 257 cm³/mol. The maximum Gasteiger partial charge on any atom is 0.329 e.